The Labute approximate surface area is 198 Å². The molecule has 1 aliphatic rings. The van der Waals surface area contributed by atoms with Crippen LogP contribution in [0.1, 0.15) is 39.1 Å². The van der Waals surface area contributed by atoms with Crippen LogP contribution in [0.25, 0.3) is 10.9 Å². The zero-order valence-corrected chi connectivity index (χ0v) is 18.9. The molecule has 0 bridgehead atoms. The lowest BCUT2D eigenvalue weighted by Crippen LogP contribution is -2.32. The Kier molecular flexibility index (Phi) is 6.40. The van der Waals surface area contributed by atoms with Crippen molar-refractivity contribution < 1.29 is 14.3 Å². The molecule has 1 unspecified atom stereocenters. The second-order valence-corrected chi connectivity index (χ2v) is 8.52. The van der Waals surface area contributed by atoms with E-state index in [9.17, 15) is 9.59 Å². The molecule has 0 spiro atoms. The van der Waals surface area contributed by atoms with Gasteiger partial charge in [-0.2, -0.15) is 0 Å². The fraction of sp³-hybridized carbons (Fsp3) is 0.214. The highest BCUT2D eigenvalue weighted by molar-refractivity contribution is 6.15. The number of para-hydroxylation sites is 2. The lowest BCUT2D eigenvalue weighted by Gasteiger charge is -2.13. The smallest absolute Gasteiger partial charge is 0.257 e. The maximum atomic E-state index is 13.4. The molecular weight excluding hydrogens is 426 g/mol. The van der Waals surface area contributed by atoms with Gasteiger partial charge in [0.25, 0.3) is 11.8 Å². The second kappa shape index (κ2) is 9.93. The van der Waals surface area contributed by atoms with E-state index in [1.54, 1.807) is 18.2 Å². The van der Waals surface area contributed by atoms with E-state index >= 15 is 0 Å². The number of anilines is 1. The van der Waals surface area contributed by atoms with Gasteiger partial charge in [-0.3, -0.25) is 9.59 Å². The van der Waals surface area contributed by atoms with Crippen LogP contribution in [0, 0.1) is 0 Å². The average molecular weight is 454 g/mol. The summed E-state index contributed by atoms with van der Waals surface area (Å²) in [5.41, 5.74) is 3.63. The van der Waals surface area contributed by atoms with E-state index in [2.05, 4.69) is 27.3 Å². The molecule has 1 aliphatic heterocycles. The number of nitrogens with zero attached hydrogens (tertiary/aromatic N) is 1. The minimum atomic E-state index is -0.248. The van der Waals surface area contributed by atoms with Crippen LogP contribution in [-0.4, -0.2) is 35.6 Å². The van der Waals surface area contributed by atoms with Crippen molar-refractivity contribution in [3.63, 3.8) is 0 Å². The van der Waals surface area contributed by atoms with Crippen molar-refractivity contribution in [2.75, 3.05) is 18.5 Å². The zero-order valence-electron chi connectivity index (χ0n) is 18.9. The van der Waals surface area contributed by atoms with Crippen LogP contribution in [0.5, 0.6) is 0 Å². The van der Waals surface area contributed by atoms with Crippen molar-refractivity contribution in [1.29, 1.82) is 0 Å². The van der Waals surface area contributed by atoms with Crippen LogP contribution >= 0.6 is 0 Å². The summed E-state index contributed by atoms with van der Waals surface area (Å²) in [6, 6.07) is 25.1. The van der Waals surface area contributed by atoms with Gasteiger partial charge in [-0.15, -0.1) is 0 Å². The van der Waals surface area contributed by atoms with E-state index in [1.807, 2.05) is 54.7 Å². The number of hydrogen-bond donors (Lipinski definition) is 2. The fourth-order valence-corrected chi connectivity index (χ4v) is 4.43. The van der Waals surface area contributed by atoms with Crippen molar-refractivity contribution in [3.05, 3.63) is 102 Å². The van der Waals surface area contributed by atoms with Gasteiger partial charge in [0, 0.05) is 36.8 Å². The van der Waals surface area contributed by atoms with Crippen LogP contribution in [0.15, 0.2) is 85.1 Å². The number of rotatable bonds is 7. The average Bonchev–Trinajstić information content (AvgIpc) is 3.52. The summed E-state index contributed by atoms with van der Waals surface area (Å²) in [7, 11) is 0. The Balaban J connectivity index is 1.37. The quantitative estimate of drug-likeness (QED) is 0.420. The monoisotopic (exact) mass is 453 g/mol. The first-order chi connectivity index (χ1) is 16.7. The number of benzene rings is 3. The minimum absolute atomic E-state index is 0.0569. The molecule has 34 heavy (non-hydrogen) atoms. The molecule has 6 heteroatoms. The number of fused-ring (bicyclic) bond motifs is 1. The molecule has 0 radical (unpaired) electrons. The van der Waals surface area contributed by atoms with Gasteiger partial charge in [0.15, 0.2) is 0 Å². The molecule has 0 saturated carbocycles. The molecule has 0 aliphatic carbocycles. The van der Waals surface area contributed by atoms with Crippen molar-refractivity contribution in [2.24, 2.45) is 0 Å². The highest BCUT2D eigenvalue weighted by Gasteiger charge is 2.20. The summed E-state index contributed by atoms with van der Waals surface area (Å²) >= 11 is 0. The van der Waals surface area contributed by atoms with Gasteiger partial charge in [-0.25, -0.2) is 0 Å². The number of carbonyl (C=O) groups is 2. The lowest BCUT2D eigenvalue weighted by molar-refractivity contribution is 0.0858. The molecule has 1 saturated heterocycles. The van der Waals surface area contributed by atoms with E-state index in [1.165, 1.54) is 0 Å². The van der Waals surface area contributed by atoms with Gasteiger partial charge in [-0.05, 0) is 36.6 Å². The van der Waals surface area contributed by atoms with E-state index < -0.39 is 0 Å². The molecular formula is C28H27N3O3. The third-order valence-electron chi connectivity index (χ3n) is 6.16. The molecule has 1 fully saturated rings. The largest absolute Gasteiger partial charge is 0.376 e. The molecule has 3 aromatic carbocycles. The highest BCUT2D eigenvalue weighted by atomic mass is 16.5. The standard InChI is InChI=1S/C28H27N3O3/c32-27(29-17-21-11-8-16-34-21)23-13-4-6-14-25(23)30-28(33)24-19-31(18-20-9-2-1-3-10-20)26-15-7-5-12-22(24)26/h1-7,9-10,12-15,19,21H,8,11,16-18H2,(H,29,32)(H,30,33). The van der Waals surface area contributed by atoms with E-state index in [0.29, 0.717) is 29.9 Å². The summed E-state index contributed by atoms with van der Waals surface area (Å²) in [5.74, 6) is -0.472. The fourth-order valence-electron chi connectivity index (χ4n) is 4.43. The Hall–Kier alpha value is -3.90. The normalized spacial score (nSPS) is 15.4. The number of ether oxygens (including phenoxy) is 1. The summed E-state index contributed by atoms with van der Waals surface area (Å²) in [4.78, 5) is 26.2. The molecule has 2 amide bonds. The number of hydrogen-bond acceptors (Lipinski definition) is 3. The van der Waals surface area contributed by atoms with E-state index in [4.69, 9.17) is 4.74 Å². The molecule has 1 aromatic heterocycles. The topological polar surface area (TPSA) is 72.4 Å². The predicted octanol–water partition coefficient (Wildman–Crippen LogP) is 4.85. The van der Waals surface area contributed by atoms with Crippen LogP contribution < -0.4 is 10.6 Å². The molecule has 4 aromatic rings. The summed E-state index contributed by atoms with van der Waals surface area (Å²) in [5, 5.41) is 6.77. The second-order valence-electron chi connectivity index (χ2n) is 8.52. The zero-order chi connectivity index (χ0) is 23.3. The van der Waals surface area contributed by atoms with Gasteiger partial charge in [0.2, 0.25) is 0 Å². The van der Waals surface area contributed by atoms with E-state index in [-0.39, 0.29) is 17.9 Å². The third-order valence-corrected chi connectivity index (χ3v) is 6.16. The predicted molar refractivity (Wildman–Crippen MR) is 133 cm³/mol. The number of nitrogens with one attached hydrogen (secondary N) is 2. The van der Waals surface area contributed by atoms with Crippen molar-refractivity contribution in [2.45, 2.75) is 25.5 Å². The van der Waals surface area contributed by atoms with Gasteiger partial charge in [0.05, 0.1) is 22.9 Å². The highest BCUT2D eigenvalue weighted by Crippen LogP contribution is 2.24. The SMILES string of the molecule is O=C(NCC1CCCO1)c1ccccc1NC(=O)c1cn(Cc2ccccc2)c2ccccc12. The molecule has 6 nitrogen and oxygen atoms in total. The van der Waals surface area contributed by atoms with Crippen LogP contribution in [0.4, 0.5) is 5.69 Å². The number of carbonyl (C=O) groups excluding carboxylic acids is 2. The van der Waals surface area contributed by atoms with Crippen LogP contribution in [0.3, 0.4) is 0 Å². The molecule has 2 N–H and O–H groups in total. The van der Waals surface area contributed by atoms with Crippen molar-refractivity contribution in [1.82, 2.24) is 9.88 Å². The van der Waals surface area contributed by atoms with Crippen LogP contribution in [0.2, 0.25) is 0 Å². The number of amides is 2. The maximum Gasteiger partial charge on any atom is 0.257 e. The first kappa shape index (κ1) is 21.9. The molecule has 5 rings (SSSR count). The summed E-state index contributed by atoms with van der Waals surface area (Å²) in [6.07, 6.45) is 3.91. The van der Waals surface area contributed by atoms with Crippen molar-refractivity contribution >= 4 is 28.4 Å². The first-order valence-corrected chi connectivity index (χ1v) is 11.6. The summed E-state index contributed by atoms with van der Waals surface area (Å²) in [6.45, 7) is 1.87. The Morgan fingerprint density at radius 3 is 2.47 bits per heavy atom. The van der Waals surface area contributed by atoms with Crippen molar-refractivity contribution in [3.8, 4) is 0 Å². The van der Waals surface area contributed by atoms with Gasteiger partial charge in [-0.1, -0.05) is 60.7 Å². The summed E-state index contributed by atoms with van der Waals surface area (Å²) < 4.78 is 7.67. The minimum Gasteiger partial charge on any atom is -0.376 e. The first-order valence-electron chi connectivity index (χ1n) is 11.6. The third kappa shape index (κ3) is 4.72. The van der Waals surface area contributed by atoms with Gasteiger partial charge >= 0.3 is 0 Å². The number of aromatic nitrogens is 1. The van der Waals surface area contributed by atoms with Gasteiger partial charge in [0.1, 0.15) is 0 Å². The Morgan fingerprint density at radius 1 is 0.882 bits per heavy atom. The maximum absolute atomic E-state index is 13.4. The molecule has 1 atom stereocenters. The van der Waals surface area contributed by atoms with Gasteiger partial charge < -0.3 is 19.9 Å². The lowest BCUT2D eigenvalue weighted by atomic mass is 10.1. The Bertz CT molecular complexity index is 1310. The molecule has 172 valence electrons. The van der Waals surface area contributed by atoms with E-state index in [0.717, 1.165) is 35.9 Å². The Morgan fingerprint density at radius 2 is 1.65 bits per heavy atom. The molecule has 2 heterocycles. The van der Waals surface area contributed by atoms with Crippen LogP contribution in [-0.2, 0) is 11.3 Å².